The van der Waals surface area contributed by atoms with Crippen molar-refractivity contribution in [1.29, 1.82) is 0 Å². The normalized spacial score (nSPS) is 11.7. The Labute approximate surface area is 203 Å². The van der Waals surface area contributed by atoms with E-state index in [0.29, 0.717) is 27.1 Å². The average Bonchev–Trinajstić information content (AvgIpc) is 3.33. The SMILES string of the molecule is C=Cc1nc(Cn2nc(-c3ccc(Cl)cc3)n(CCC(C)(F)F)c2=O)nn1-c1ccccc1Cl. The topological polar surface area (TPSA) is 70.5 Å². The molecule has 0 saturated heterocycles. The molecule has 34 heavy (non-hydrogen) atoms. The third-order valence-corrected chi connectivity index (χ3v) is 5.60. The predicted octanol–water partition coefficient (Wildman–Crippen LogP) is 5.34. The molecule has 0 radical (unpaired) electrons. The van der Waals surface area contributed by atoms with Crippen molar-refractivity contribution in [3.63, 3.8) is 0 Å². The number of alkyl halides is 2. The lowest BCUT2D eigenvalue weighted by Crippen LogP contribution is -2.28. The number of nitrogens with zero attached hydrogens (tertiary/aromatic N) is 6. The summed E-state index contributed by atoms with van der Waals surface area (Å²) in [4.78, 5) is 17.5. The summed E-state index contributed by atoms with van der Waals surface area (Å²) < 4.78 is 31.0. The van der Waals surface area contributed by atoms with Gasteiger partial charge in [-0.05, 0) is 49.4 Å². The first-order valence-corrected chi connectivity index (χ1v) is 11.1. The van der Waals surface area contributed by atoms with E-state index in [9.17, 15) is 13.6 Å². The van der Waals surface area contributed by atoms with Crippen molar-refractivity contribution in [2.45, 2.75) is 32.4 Å². The van der Waals surface area contributed by atoms with E-state index in [4.69, 9.17) is 23.2 Å². The lowest BCUT2D eigenvalue weighted by atomic mass is 10.2. The van der Waals surface area contributed by atoms with E-state index in [2.05, 4.69) is 21.8 Å². The van der Waals surface area contributed by atoms with Gasteiger partial charge in [0.2, 0.25) is 5.92 Å². The van der Waals surface area contributed by atoms with Crippen LogP contribution < -0.4 is 5.69 Å². The molecule has 0 saturated carbocycles. The molecule has 4 rings (SSSR count). The molecule has 0 bridgehead atoms. The summed E-state index contributed by atoms with van der Waals surface area (Å²) in [5, 5.41) is 9.83. The lowest BCUT2D eigenvalue weighted by Gasteiger charge is -2.11. The van der Waals surface area contributed by atoms with Gasteiger partial charge in [0.25, 0.3) is 0 Å². The zero-order chi connectivity index (χ0) is 24.5. The van der Waals surface area contributed by atoms with E-state index < -0.39 is 18.0 Å². The molecule has 0 aliphatic heterocycles. The maximum absolute atomic E-state index is 13.6. The molecule has 4 aromatic rings. The Morgan fingerprint density at radius 1 is 1.09 bits per heavy atom. The van der Waals surface area contributed by atoms with Gasteiger partial charge in [-0.25, -0.2) is 27.9 Å². The van der Waals surface area contributed by atoms with E-state index in [1.807, 2.05) is 6.07 Å². The summed E-state index contributed by atoms with van der Waals surface area (Å²) in [5.41, 5.74) is 0.618. The van der Waals surface area contributed by atoms with Crippen molar-refractivity contribution >= 4 is 29.3 Å². The number of halogens is 4. The molecule has 0 atom stereocenters. The summed E-state index contributed by atoms with van der Waals surface area (Å²) in [6.45, 7) is 4.29. The molecule has 0 unspecified atom stereocenters. The number of rotatable bonds is 8. The van der Waals surface area contributed by atoms with Crippen molar-refractivity contribution in [3.8, 4) is 17.1 Å². The first-order valence-electron chi connectivity index (χ1n) is 10.3. The molecule has 0 spiro atoms. The van der Waals surface area contributed by atoms with Crippen LogP contribution in [0.1, 0.15) is 25.0 Å². The Balaban J connectivity index is 1.74. The molecule has 2 heterocycles. The van der Waals surface area contributed by atoms with Gasteiger partial charge in [-0.3, -0.25) is 4.57 Å². The van der Waals surface area contributed by atoms with Gasteiger partial charge in [0.05, 0.1) is 10.7 Å². The molecule has 0 aliphatic carbocycles. The predicted molar refractivity (Wildman–Crippen MR) is 128 cm³/mol. The summed E-state index contributed by atoms with van der Waals surface area (Å²) in [6, 6.07) is 13.7. The van der Waals surface area contributed by atoms with Crippen LogP contribution in [0.15, 0.2) is 59.9 Å². The molecule has 176 valence electrons. The van der Waals surface area contributed by atoms with E-state index in [-0.39, 0.29) is 24.7 Å². The fraction of sp³-hybridized carbons (Fsp3) is 0.217. The third kappa shape index (κ3) is 5.10. The smallest absolute Gasteiger partial charge is 0.275 e. The summed E-state index contributed by atoms with van der Waals surface area (Å²) in [7, 11) is 0. The molecule has 0 fully saturated rings. The second-order valence-electron chi connectivity index (χ2n) is 7.70. The van der Waals surface area contributed by atoms with Crippen LogP contribution in [0.3, 0.4) is 0 Å². The fourth-order valence-corrected chi connectivity index (χ4v) is 3.71. The molecule has 0 aliphatic rings. The van der Waals surface area contributed by atoms with Crippen molar-refractivity contribution in [3.05, 3.63) is 87.3 Å². The Kier molecular flexibility index (Phi) is 6.67. The van der Waals surface area contributed by atoms with E-state index in [0.717, 1.165) is 11.6 Å². The Morgan fingerprint density at radius 2 is 1.79 bits per heavy atom. The number of hydrogen-bond acceptors (Lipinski definition) is 4. The second-order valence-corrected chi connectivity index (χ2v) is 8.54. The highest BCUT2D eigenvalue weighted by Gasteiger charge is 2.24. The highest BCUT2D eigenvalue weighted by Crippen LogP contribution is 2.23. The second kappa shape index (κ2) is 9.52. The number of aromatic nitrogens is 6. The van der Waals surface area contributed by atoms with Gasteiger partial charge in [0.1, 0.15) is 6.54 Å². The number of hydrogen-bond donors (Lipinski definition) is 0. The lowest BCUT2D eigenvalue weighted by molar-refractivity contribution is 0.00854. The first kappa shape index (κ1) is 23.8. The van der Waals surface area contributed by atoms with Crippen LogP contribution in [-0.2, 0) is 13.1 Å². The average molecular weight is 505 g/mol. The molecule has 2 aromatic heterocycles. The van der Waals surface area contributed by atoms with Crippen molar-refractivity contribution in [2.24, 2.45) is 0 Å². The van der Waals surface area contributed by atoms with Crippen molar-refractivity contribution < 1.29 is 8.78 Å². The first-order chi connectivity index (χ1) is 16.2. The summed E-state index contributed by atoms with van der Waals surface area (Å²) >= 11 is 12.3. The van der Waals surface area contributed by atoms with Crippen molar-refractivity contribution in [1.82, 2.24) is 29.1 Å². The maximum atomic E-state index is 13.6. The highest BCUT2D eigenvalue weighted by atomic mass is 35.5. The number of para-hydroxylation sites is 1. The van der Waals surface area contributed by atoms with Crippen LogP contribution in [0.2, 0.25) is 10.0 Å². The minimum atomic E-state index is -2.94. The van der Waals surface area contributed by atoms with Gasteiger partial charge in [0, 0.05) is 23.6 Å². The maximum Gasteiger partial charge on any atom is 0.346 e. The molecular formula is C23H20Cl2F2N6O. The molecule has 0 N–H and O–H groups in total. The van der Waals surface area contributed by atoms with Crippen molar-refractivity contribution in [2.75, 3.05) is 0 Å². The quantitative estimate of drug-likeness (QED) is 0.324. The zero-order valence-corrected chi connectivity index (χ0v) is 19.6. The third-order valence-electron chi connectivity index (χ3n) is 5.03. The van der Waals surface area contributed by atoms with Gasteiger partial charge >= 0.3 is 5.69 Å². The zero-order valence-electron chi connectivity index (χ0n) is 18.1. The minimum absolute atomic E-state index is 0.0762. The van der Waals surface area contributed by atoms with Gasteiger partial charge in [0.15, 0.2) is 17.5 Å². The van der Waals surface area contributed by atoms with Gasteiger partial charge in [-0.1, -0.05) is 41.9 Å². The Morgan fingerprint density at radius 3 is 2.44 bits per heavy atom. The monoisotopic (exact) mass is 504 g/mol. The minimum Gasteiger partial charge on any atom is -0.275 e. The standard InChI is InChI=1S/C23H20Cl2F2N6O/c1-3-20-28-19(29-33(20)18-7-5-4-6-17(18)25)14-32-22(34)31(13-12-23(2,26)27)21(30-32)15-8-10-16(24)11-9-15/h3-11H,1,12-14H2,2H3. The van der Waals surface area contributed by atoms with E-state index in [1.54, 1.807) is 42.5 Å². The van der Waals surface area contributed by atoms with Crippen LogP contribution in [0, 0.1) is 0 Å². The molecule has 7 nitrogen and oxygen atoms in total. The van der Waals surface area contributed by atoms with Gasteiger partial charge in [-0.15, -0.1) is 10.2 Å². The Bertz CT molecular complexity index is 1390. The van der Waals surface area contributed by atoms with E-state index >= 15 is 0 Å². The fourth-order valence-electron chi connectivity index (χ4n) is 3.37. The van der Waals surface area contributed by atoms with Gasteiger partial charge in [-0.2, -0.15) is 0 Å². The molecule has 2 aromatic carbocycles. The van der Waals surface area contributed by atoms with Crippen LogP contribution >= 0.6 is 23.2 Å². The largest absolute Gasteiger partial charge is 0.346 e. The van der Waals surface area contributed by atoms with Crippen LogP contribution in [0.4, 0.5) is 8.78 Å². The molecule has 0 amide bonds. The van der Waals surface area contributed by atoms with Crippen LogP contribution in [0.5, 0.6) is 0 Å². The summed E-state index contributed by atoms with van der Waals surface area (Å²) in [6.07, 6.45) is 1.00. The number of benzene rings is 2. The molecular weight excluding hydrogens is 485 g/mol. The highest BCUT2D eigenvalue weighted by molar-refractivity contribution is 6.32. The summed E-state index contributed by atoms with van der Waals surface area (Å²) in [5.74, 6) is -1.97. The van der Waals surface area contributed by atoms with E-state index in [1.165, 1.54) is 15.3 Å². The molecule has 11 heteroatoms. The van der Waals surface area contributed by atoms with Crippen LogP contribution in [-0.4, -0.2) is 35.0 Å². The Hall–Kier alpha value is -3.30. The van der Waals surface area contributed by atoms with Gasteiger partial charge < -0.3 is 0 Å². The van der Waals surface area contributed by atoms with Crippen LogP contribution in [0.25, 0.3) is 23.2 Å².